The van der Waals surface area contributed by atoms with Crippen LogP contribution in [0.25, 0.3) is 0 Å². The Hall–Kier alpha value is -6.70. The molecule has 9 atom stereocenters. The zero-order valence-electron chi connectivity index (χ0n) is 40.9. The summed E-state index contributed by atoms with van der Waals surface area (Å²) < 4.78 is 0. The normalized spacial score (nSPS) is 16.5. The summed E-state index contributed by atoms with van der Waals surface area (Å²) in [7, 11) is 0. The van der Waals surface area contributed by atoms with E-state index in [1.165, 1.54) is 31.2 Å². The molecule has 1 aromatic rings. The minimum atomic E-state index is -1.52. The topological polar surface area (TPSA) is 410 Å². The molecule has 1 aromatic carbocycles. The zero-order valence-corrected chi connectivity index (χ0v) is 41.8. The molecule has 25 nitrogen and oxygen atoms in total. The number of aliphatic imine (C=N–C) groups is 1. The number of carbonyl (C=O) groups is 10. The summed E-state index contributed by atoms with van der Waals surface area (Å²) in [5, 5.41) is 42.9. The summed E-state index contributed by atoms with van der Waals surface area (Å²) in [6, 6.07) is -3.89. The van der Waals surface area contributed by atoms with Crippen molar-refractivity contribution in [3.05, 3.63) is 29.8 Å². The van der Waals surface area contributed by atoms with Crippen LogP contribution in [0.4, 0.5) is 0 Å². The number of phenolic OH excluding ortho intramolecular Hbond substituents is 1. The second-order valence-electron chi connectivity index (χ2n) is 17.8. The van der Waals surface area contributed by atoms with Crippen molar-refractivity contribution in [3.8, 4) is 5.75 Å². The van der Waals surface area contributed by atoms with Crippen LogP contribution in [0.1, 0.15) is 91.5 Å². The number of nitrogens with two attached hydrogens (primary N) is 3. The second kappa shape index (κ2) is 30.8. The lowest BCUT2D eigenvalue weighted by Gasteiger charge is -2.28. The molecule has 0 saturated carbocycles. The molecule has 0 radical (unpaired) electrons. The van der Waals surface area contributed by atoms with Gasteiger partial charge in [-0.3, -0.25) is 48.1 Å². The quantitative estimate of drug-likeness (QED) is 0.0150. The molecule has 1 saturated heterocycles. The number of nitrogens with one attached hydrogen (secondary N) is 9. The Morgan fingerprint density at radius 3 is 1.90 bits per heavy atom. The smallest absolute Gasteiger partial charge is 0.326 e. The van der Waals surface area contributed by atoms with Crippen molar-refractivity contribution >= 4 is 77.7 Å². The number of phenols is 1. The first-order chi connectivity index (χ1) is 33.4. The fourth-order valence-electron chi connectivity index (χ4n) is 7.18. The number of hydrogen-bond acceptors (Lipinski definition) is 14. The van der Waals surface area contributed by atoms with E-state index >= 15 is 0 Å². The lowest BCUT2D eigenvalue weighted by Crippen LogP contribution is -2.59. The minimum Gasteiger partial charge on any atom is -0.508 e. The Balaban J connectivity index is 2.13. The van der Waals surface area contributed by atoms with Crippen LogP contribution in [-0.2, 0) is 54.4 Å². The first-order valence-corrected chi connectivity index (χ1v) is 24.2. The van der Waals surface area contributed by atoms with Gasteiger partial charge in [0.15, 0.2) is 5.96 Å². The van der Waals surface area contributed by atoms with Crippen LogP contribution in [0.3, 0.4) is 0 Å². The van der Waals surface area contributed by atoms with Crippen LogP contribution in [0.2, 0.25) is 0 Å². The van der Waals surface area contributed by atoms with Crippen molar-refractivity contribution in [2.75, 3.05) is 25.4 Å². The van der Waals surface area contributed by atoms with E-state index in [-0.39, 0.29) is 73.9 Å². The van der Waals surface area contributed by atoms with Crippen molar-refractivity contribution in [1.82, 2.24) is 47.9 Å². The highest BCUT2D eigenvalue weighted by molar-refractivity contribution is 7.80. The van der Waals surface area contributed by atoms with Gasteiger partial charge < -0.3 is 75.3 Å². The molecular weight excluding hydrogens is 947 g/mol. The molecule has 71 heavy (non-hydrogen) atoms. The van der Waals surface area contributed by atoms with Crippen LogP contribution in [0.15, 0.2) is 29.3 Å². The van der Waals surface area contributed by atoms with E-state index in [1.54, 1.807) is 0 Å². The summed E-state index contributed by atoms with van der Waals surface area (Å²) in [4.78, 5) is 135. The van der Waals surface area contributed by atoms with Crippen molar-refractivity contribution in [3.63, 3.8) is 0 Å². The van der Waals surface area contributed by atoms with E-state index in [2.05, 4.69) is 65.5 Å². The van der Waals surface area contributed by atoms with E-state index in [4.69, 9.17) is 17.2 Å². The third-order valence-corrected chi connectivity index (χ3v) is 11.8. The number of carboxylic acids is 1. The predicted octanol–water partition coefficient (Wildman–Crippen LogP) is -3.36. The predicted molar refractivity (Wildman–Crippen MR) is 264 cm³/mol. The Labute approximate surface area is 418 Å². The molecule has 26 heteroatoms. The molecule has 0 spiro atoms. The van der Waals surface area contributed by atoms with Gasteiger partial charge in [-0.15, -0.1) is 0 Å². The van der Waals surface area contributed by atoms with Gasteiger partial charge in [-0.2, -0.15) is 12.6 Å². The number of primary amides is 1. The van der Waals surface area contributed by atoms with Crippen molar-refractivity contribution < 1.29 is 58.2 Å². The number of guanidine groups is 1. The number of amides is 9. The van der Waals surface area contributed by atoms with Crippen LogP contribution < -0.4 is 65.1 Å². The molecule has 1 aliphatic heterocycles. The monoisotopic (exact) mass is 1020 g/mol. The highest BCUT2D eigenvalue weighted by Crippen LogP contribution is 2.15. The Morgan fingerprint density at radius 2 is 1.34 bits per heavy atom. The van der Waals surface area contributed by atoms with Gasteiger partial charge in [0.1, 0.15) is 48.0 Å². The number of thiol groups is 1. The van der Waals surface area contributed by atoms with Gasteiger partial charge in [0.25, 0.3) is 0 Å². The Bertz CT molecular complexity index is 2030. The summed E-state index contributed by atoms with van der Waals surface area (Å²) in [6.45, 7) is 8.70. The number of carbonyl (C=O) groups excluding carboxylic acids is 9. The third kappa shape index (κ3) is 22.3. The number of aliphatic carboxylic acids is 1. The van der Waals surface area contributed by atoms with Crippen LogP contribution in [0, 0.1) is 11.8 Å². The lowest BCUT2D eigenvalue weighted by molar-refractivity contribution is -0.142. The minimum absolute atomic E-state index is 0.0753. The van der Waals surface area contributed by atoms with Crippen LogP contribution in [0.5, 0.6) is 5.75 Å². The van der Waals surface area contributed by atoms with E-state index in [0.717, 1.165) is 6.42 Å². The lowest BCUT2D eigenvalue weighted by atomic mass is 9.96. The fourth-order valence-corrected chi connectivity index (χ4v) is 7.44. The number of aromatic hydroxyl groups is 1. The maximum atomic E-state index is 13.8. The van der Waals surface area contributed by atoms with E-state index in [1.807, 2.05) is 27.7 Å². The van der Waals surface area contributed by atoms with Crippen LogP contribution in [-0.4, -0.2) is 149 Å². The first kappa shape index (κ1) is 60.4. The average molecular weight is 1020 g/mol. The summed E-state index contributed by atoms with van der Waals surface area (Å²) in [5.41, 5.74) is 16.4. The Morgan fingerprint density at radius 1 is 0.746 bits per heavy atom. The van der Waals surface area contributed by atoms with E-state index in [9.17, 15) is 58.2 Å². The highest BCUT2D eigenvalue weighted by Gasteiger charge is 2.35. The van der Waals surface area contributed by atoms with Gasteiger partial charge in [-0.1, -0.05) is 46.2 Å². The van der Waals surface area contributed by atoms with Crippen molar-refractivity contribution in [2.24, 2.45) is 34.0 Å². The summed E-state index contributed by atoms with van der Waals surface area (Å²) in [6.07, 6.45) is 1.31. The fraction of sp³-hybridized carbons (Fsp3) is 0.622. The van der Waals surface area contributed by atoms with Gasteiger partial charge in [-0.25, -0.2) is 4.79 Å². The molecule has 17 N–H and O–H groups in total. The largest absolute Gasteiger partial charge is 0.508 e. The zero-order chi connectivity index (χ0) is 53.4. The van der Waals surface area contributed by atoms with Crippen molar-refractivity contribution in [1.29, 1.82) is 0 Å². The molecule has 0 unspecified atom stereocenters. The molecule has 1 fully saturated rings. The maximum absolute atomic E-state index is 13.8. The summed E-state index contributed by atoms with van der Waals surface area (Å²) in [5.74, 6) is -9.16. The van der Waals surface area contributed by atoms with Gasteiger partial charge in [0.05, 0.1) is 12.6 Å². The molecule has 396 valence electrons. The number of nitrogens with zero attached hydrogens (tertiary/aromatic N) is 1. The number of carboxylic acid groups (broad SMARTS) is 1. The van der Waals surface area contributed by atoms with Gasteiger partial charge in [-0.05, 0) is 81.5 Å². The standard InChI is InChI=1S/C45H73N13O12S/c1-6-24(4)36(58-39(64)28-9-7-17-49-28)43(68)56-31(19-23(2)3)41(66)57-33(22-71)38(63)51-21-35(61)52-25(5)37(62)53-29(15-16-34(46)60)40(65)55-32(20-26-11-13-27(59)14-12-26)42(67)54-30(44(69)70)10-8-18-50-45(47)48/h11-14,23-25,28-33,36,49,59,71H,6-10,15-22H2,1-5H3,(H2,46,60)(H,51,63)(H,52,61)(H,53,62)(H,54,67)(H,55,65)(H,56,68)(H,57,66)(H,58,64)(H,69,70)(H4,47,48,50)/t24-,25-,28-,29-,30-,31-,32-,33-,36-/m0/s1. The maximum Gasteiger partial charge on any atom is 0.326 e. The average Bonchev–Trinajstić information content (AvgIpc) is 3.86. The van der Waals surface area contributed by atoms with E-state index in [0.29, 0.717) is 24.9 Å². The van der Waals surface area contributed by atoms with Gasteiger partial charge in [0.2, 0.25) is 53.2 Å². The second-order valence-corrected chi connectivity index (χ2v) is 18.2. The molecule has 2 rings (SSSR count). The number of hydrogen-bond donors (Lipinski definition) is 15. The summed E-state index contributed by atoms with van der Waals surface area (Å²) >= 11 is 4.20. The SMILES string of the molecule is CC[C@H](C)[C@H](NC(=O)[C@@H]1CCCN1)C(=O)N[C@@H](CC(C)C)C(=O)N[C@@H](CS)C(=O)NCC(=O)N[C@@H](C)C(=O)N[C@@H](CCC(N)=O)C(=O)N[C@@H](Cc1ccc(O)cc1)C(=O)N[C@@H](CCCN=C(N)N)C(=O)O. The van der Waals surface area contributed by atoms with Gasteiger partial charge >= 0.3 is 5.97 Å². The van der Waals surface area contributed by atoms with Gasteiger partial charge in [0, 0.05) is 25.1 Å². The molecule has 0 bridgehead atoms. The molecule has 0 aliphatic carbocycles. The number of rotatable bonds is 31. The van der Waals surface area contributed by atoms with Crippen molar-refractivity contribution in [2.45, 2.75) is 141 Å². The third-order valence-electron chi connectivity index (χ3n) is 11.4. The molecule has 1 aliphatic rings. The highest BCUT2D eigenvalue weighted by atomic mass is 32.1. The molecular formula is C45H73N13O12S. The molecule has 0 aromatic heterocycles. The number of benzene rings is 1. The van der Waals surface area contributed by atoms with E-state index < -0.39 is 115 Å². The first-order valence-electron chi connectivity index (χ1n) is 23.5. The van der Waals surface area contributed by atoms with Crippen LogP contribution >= 0.6 is 12.6 Å². The molecule has 1 heterocycles. The Kier molecular flexibility index (Phi) is 26.2. The molecule has 9 amide bonds.